The first-order valence-corrected chi connectivity index (χ1v) is 6.70. The molecule has 1 atom stereocenters. The fourth-order valence-electron chi connectivity index (χ4n) is 2.04. The highest BCUT2D eigenvalue weighted by molar-refractivity contribution is 5.86. The Morgan fingerprint density at radius 2 is 2.16 bits per heavy atom. The molecular weight excluding hydrogens is 244 g/mol. The molecule has 1 N–H and O–H groups in total. The standard InChI is InChI=1S/C14H24N2O3/c1-5-12(17)15-9-11-7-6-8-16(10-11)13(18)19-14(2,3)4/h5,11H,1,6-10H2,2-4H3,(H,15,17)/t11-/m0/s1. The molecule has 0 aliphatic carbocycles. The fourth-order valence-corrected chi connectivity index (χ4v) is 2.04. The first-order chi connectivity index (χ1) is 8.81. The van der Waals surface area contributed by atoms with E-state index in [1.165, 1.54) is 6.08 Å². The second kappa shape index (κ2) is 6.59. The minimum Gasteiger partial charge on any atom is -0.444 e. The number of amides is 2. The summed E-state index contributed by atoms with van der Waals surface area (Å²) < 4.78 is 5.36. The van der Waals surface area contributed by atoms with E-state index in [1.807, 2.05) is 20.8 Å². The van der Waals surface area contributed by atoms with Crippen molar-refractivity contribution in [2.24, 2.45) is 5.92 Å². The number of hydrogen-bond donors (Lipinski definition) is 1. The molecule has 0 aromatic carbocycles. The number of carbonyl (C=O) groups is 2. The van der Waals surface area contributed by atoms with Gasteiger partial charge in [-0.2, -0.15) is 0 Å². The van der Waals surface area contributed by atoms with E-state index in [2.05, 4.69) is 11.9 Å². The highest BCUT2D eigenvalue weighted by atomic mass is 16.6. The van der Waals surface area contributed by atoms with Gasteiger partial charge in [-0.15, -0.1) is 0 Å². The van der Waals surface area contributed by atoms with Crippen LogP contribution in [-0.4, -0.2) is 42.1 Å². The van der Waals surface area contributed by atoms with Gasteiger partial charge in [0.2, 0.25) is 5.91 Å². The number of likely N-dealkylation sites (tertiary alicyclic amines) is 1. The van der Waals surface area contributed by atoms with Crippen LogP contribution in [0.1, 0.15) is 33.6 Å². The van der Waals surface area contributed by atoms with Crippen LogP contribution >= 0.6 is 0 Å². The van der Waals surface area contributed by atoms with Crippen molar-refractivity contribution in [1.82, 2.24) is 10.2 Å². The molecule has 0 radical (unpaired) electrons. The van der Waals surface area contributed by atoms with Crippen LogP contribution in [0.15, 0.2) is 12.7 Å². The number of rotatable bonds is 3. The van der Waals surface area contributed by atoms with E-state index in [9.17, 15) is 9.59 Å². The SMILES string of the molecule is C=CC(=O)NC[C@@H]1CCCN(C(=O)OC(C)(C)C)C1. The molecule has 0 saturated carbocycles. The summed E-state index contributed by atoms with van der Waals surface area (Å²) >= 11 is 0. The minimum atomic E-state index is -0.471. The first kappa shape index (κ1) is 15.5. The summed E-state index contributed by atoms with van der Waals surface area (Å²) in [4.78, 5) is 24.8. The topological polar surface area (TPSA) is 58.6 Å². The van der Waals surface area contributed by atoms with Crippen molar-refractivity contribution in [3.8, 4) is 0 Å². The third kappa shape index (κ3) is 5.77. The lowest BCUT2D eigenvalue weighted by Crippen LogP contribution is -2.45. The molecule has 108 valence electrons. The molecule has 0 unspecified atom stereocenters. The number of piperidine rings is 1. The average molecular weight is 268 g/mol. The largest absolute Gasteiger partial charge is 0.444 e. The zero-order valence-corrected chi connectivity index (χ0v) is 12.1. The number of carbonyl (C=O) groups excluding carboxylic acids is 2. The fraction of sp³-hybridized carbons (Fsp3) is 0.714. The van der Waals surface area contributed by atoms with Crippen LogP contribution in [0.3, 0.4) is 0 Å². The maximum absolute atomic E-state index is 12.0. The van der Waals surface area contributed by atoms with Gasteiger partial charge < -0.3 is 15.0 Å². The van der Waals surface area contributed by atoms with Crippen molar-refractivity contribution in [2.75, 3.05) is 19.6 Å². The number of hydrogen-bond acceptors (Lipinski definition) is 3. The van der Waals surface area contributed by atoms with Crippen molar-refractivity contribution in [3.05, 3.63) is 12.7 Å². The Balaban J connectivity index is 2.43. The monoisotopic (exact) mass is 268 g/mol. The van der Waals surface area contributed by atoms with E-state index in [0.717, 1.165) is 19.4 Å². The van der Waals surface area contributed by atoms with E-state index in [4.69, 9.17) is 4.74 Å². The normalized spacial score (nSPS) is 19.7. The quantitative estimate of drug-likeness (QED) is 0.796. The van der Waals surface area contributed by atoms with Gasteiger partial charge in [-0.1, -0.05) is 6.58 Å². The molecule has 2 amide bonds. The van der Waals surface area contributed by atoms with Crippen LogP contribution in [-0.2, 0) is 9.53 Å². The molecule has 1 saturated heterocycles. The molecule has 0 bridgehead atoms. The average Bonchev–Trinajstić information content (AvgIpc) is 2.34. The summed E-state index contributed by atoms with van der Waals surface area (Å²) in [5, 5.41) is 2.77. The van der Waals surface area contributed by atoms with Crippen molar-refractivity contribution < 1.29 is 14.3 Å². The zero-order valence-electron chi connectivity index (χ0n) is 12.1. The number of nitrogens with zero attached hydrogens (tertiary/aromatic N) is 1. The molecule has 0 aromatic heterocycles. The van der Waals surface area contributed by atoms with Crippen molar-refractivity contribution in [1.29, 1.82) is 0 Å². The molecule has 1 rings (SSSR count). The lowest BCUT2D eigenvalue weighted by atomic mass is 9.98. The van der Waals surface area contributed by atoms with Gasteiger partial charge in [0, 0.05) is 19.6 Å². The van der Waals surface area contributed by atoms with Gasteiger partial charge in [0.05, 0.1) is 0 Å². The second-order valence-electron chi connectivity index (χ2n) is 5.88. The van der Waals surface area contributed by atoms with E-state index < -0.39 is 5.60 Å². The molecule has 1 aliphatic heterocycles. The molecule has 1 aliphatic rings. The molecule has 5 nitrogen and oxygen atoms in total. The third-order valence-electron chi connectivity index (χ3n) is 2.92. The minimum absolute atomic E-state index is 0.172. The van der Waals surface area contributed by atoms with Crippen molar-refractivity contribution >= 4 is 12.0 Å². The lowest BCUT2D eigenvalue weighted by Gasteiger charge is -2.34. The summed E-state index contributed by atoms with van der Waals surface area (Å²) in [6.07, 6.45) is 2.94. The van der Waals surface area contributed by atoms with Crippen molar-refractivity contribution in [2.45, 2.75) is 39.2 Å². The van der Waals surface area contributed by atoms with Crippen LogP contribution in [0.25, 0.3) is 0 Å². The van der Waals surface area contributed by atoms with Crippen molar-refractivity contribution in [3.63, 3.8) is 0 Å². The Morgan fingerprint density at radius 3 is 2.74 bits per heavy atom. The van der Waals surface area contributed by atoms with Gasteiger partial charge in [0.1, 0.15) is 5.60 Å². The zero-order chi connectivity index (χ0) is 14.5. The summed E-state index contributed by atoms with van der Waals surface area (Å²) in [6.45, 7) is 10.9. The van der Waals surface area contributed by atoms with E-state index in [0.29, 0.717) is 13.1 Å². The van der Waals surface area contributed by atoms with E-state index in [-0.39, 0.29) is 17.9 Å². The summed E-state index contributed by atoms with van der Waals surface area (Å²) in [5.41, 5.74) is -0.471. The van der Waals surface area contributed by atoms with Crippen LogP contribution in [0.4, 0.5) is 4.79 Å². The predicted octanol–water partition coefficient (Wildman–Crippen LogP) is 1.94. The second-order valence-corrected chi connectivity index (χ2v) is 5.88. The van der Waals surface area contributed by atoms with Crippen LogP contribution < -0.4 is 5.32 Å². The molecule has 5 heteroatoms. The van der Waals surface area contributed by atoms with Gasteiger partial charge in [-0.05, 0) is 45.6 Å². The molecule has 1 heterocycles. The Hall–Kier alpha value is -1.52. The van der Waals surface area contributed by atoms with Gasteiger partial charge in [-0.3, -0.25) is 4.79 Å². The lowest BCUT2D eigenvalue weighted by molar-refractivity contribution is -0.116. The summed E-state index contributed by atoms with van der Waals surface area (Å²) in [7, 11) is 0. The maximum Gasteiger partial charge on any atom is 0.410 e. The van der Waals surface area contributed by atoms with Gasteiger partial charge in [0.15, 0.2) is 0 Å². The Labute approximate surface area is 115 Å². The van der Waals surface area contributed by atoms with Gasteiger partial charge >= 0.3 is 6.09 Å². The first-order valence-electron chi connectivity index (χ1n) is 6.70. The van der Waals surface area contributed by atoms with E-state index >= 15 is 0 Å². The Kier molecular flexibility index (Phi) is 5.39. The summed E-state index contributed by atoms with van der Waals surface area (Å²) in [6, 6.07) is 0. The third-order valence-corrected chi connectivity index (χ3v) is 2.92. The molecule has 1 fully saturated rings. The number of nitrogens with one attached hydrogen (secondary N) is 1. The molecular formula is C14H24N2O3. The summed E-state index contributed by atoms with van der Waals surface area (Å²) in [5.74, 6) is 0.111. The highest BCUT2D eigenvalue weighted by Gasteiger charge is 2.27. The van der Waals surface area contributed by atoms with Crippen LogP contribution in [0, 0.1) is 5.92 Å². The van der Waals surface area contributed by atoms with Gasteiger partial charge in [-0.25, -0.2) is 4.79 Å². The molecule has 0 spiro atoms. The molecule has 19 heavy (non-hydrogen) atoms. The number of ether oxygens (including phenoxy) is 1. The Morgan fingerprint density at radius 1 is 1.47 bits per heavy atom. The highest BCUT2D eigenvalue weighted by Crippen LogP contribution is 2.18. The van der Waals surface area contributed by atoms with Crippen LogP contribution in [0.2, 0.25) is 0 Å². The molecule has 0 aromatic rings. The van der Waals surface area contributed by atoms with E-state index in [1.54, 1.807) is 4.90 Å². The maximum atomic E-state index is 12.0. The van der Waals surface area contributed by atoms with Gasteiger partial charge in [0.25, 0.3) is 0 Å². The Bertz CT molecular complexity index is 347. The predicted molar refractivity (Wildman–Crippen MR) is 73.7 cm³/mol. The smallest absolute Gasteiger partial charge is 0.410 e. The van der Waals surface area contributed by atoms with Crippen LogP contribution in [0.5, 0.6) is 0 Å².